The number of nitrogens with one attached hydrogen (secondary N) is 1. The normalized spacial score (nSPS) is 13.0. The minimum atomic E-state index is -3.47. The standard InChI is InChI=1S/C12H16N2O2S/c1-3-4-10(2)14-17(15,16)12-7-5-11(9-13)6-8-12/h5-8,10,14H,3-4H2,1-2H3. The van der Waals surface area contributed by atoms with Crippen LogP contribution >= 0.6 is 0 Å². The van der Waals surface area contributed by atoms with Crippen molar-refractivity contribution in [1.29, 1.82) is 5.26 Å². The van der Waals surface area contributed by atoms with E-state index in [-0.39, 0.29) is 10.9 Å². The molecule has 1 aromatic rings. The zero-order valence-corrected chi connectivity index (χ0v) is 10.8. The summed E-state index contributed by atoms with van der Waals surface area (Å²) in [5.74, 6) is 0. The molecule has 0 fully saturated rings. The molecule has 5 heteroatoms. The van der Waals surface area contributed by atoms with E-state index in [1.165, 1.54) is 24.3 Å². The van der Waals surface area contributed by atoms with Gasteiger partial charge in [0.25, 0.3) is 0 Å². The molecule has 0 bridgehead atoms. The fourth-order valence-electron chi connectivity index (χ4n) is 1.53. The van der Waals surface area contributed by atoms with Crippen molar-refractivity contribution in [3.63, 3.8) is 0 Å². The van der Waals surface area contributed by atoms with Crippen LogP contribution in [-0.2, 0) is 10.0 Å². The Hall–Kier alpha value is -1.38. The molecule has 0 radical (unpaired) electrons. The van der Waals surface area contributed by atoms with Crippen LogP contribution in [0.5, 0.6) is 0 Å². The van der Waals surface area contributed by atoms with Gasteiger partial charge in [0.2, 0.25) is 10.0 Å². The van der Waals surface area contributed by atoms with Crippen LogP contribution in [0, 0.1) is 11.3 Å². The lowest BCUT2D eigenvalue weighted by Crippen LogP contribution is -2.32. The molecule has 1 unspecified atom stereocenters. The van der Waals surface area contributed by atoms with Crippen LogP contribution in [0.3, 0.4) is 0 Å². The van der Waals surface area contributed by atoms with Crippen LogP contribution < -0.4 is 4.72 Å². The highest BCUT2D eigenvalue weighted by atomic mass is 32.2. The lowest BCUT2D eigenvalue weighted by molar-refractivity contribution is 0.544. The third-order valence-corrected chi connectivity index (χ3v) is 3.98. The smallest absolute Gasteiger partial charge is 0.208 e. The molecule has 1 N–H and O–H groups in total. The first-order chi connectivity index (χ1) is 7.99. The predicted octanol–water partition coefficient (Wildman–Crippen LogP) is 2.03. The van der Waals surface area contributed by atoms with Crippen molar-refractivity contribution >= 4 is 10.0 Å². The minimum absolute atomic E-state index is 0.0827. The van der Waals surface area contributed by atoms with Gasteiger partial charge in [-0.2, -0.15) is 5.26 Å². The molecule has 0 saturated carbocycles. The van der Waals surface area contributed by atoms with Gasteiger partial charge in [0.1, 0.15) is 0 Å². The zero-order valence-electron chi connectivity index (χ0n) is 9.97. The Morgan fingerprint density at radius 1 is 1.35 bits per heavy atom. The third-order valence-electron chi connectivity index (χ3n) is 2.37. The molecule has 0 amide bonds. The quantitative estimate of drug-likeness (QED) is 0.871. The third kappa shape index (κ3) is 3.84. The topological polar surface area (TPSA) is 70.0 Å². The Labute approximate surface area is 102 Å². The molecule has 0 aliphatic carbocycles. The van der Waals surface area contributed by atoms with Gasteiger partial charge in [-0.05, 0) is 37.6 Å². The molecular formula is C12H16N2O2S. The van der Waals surface area contributed by atoms with Crippen LogP contribution in [0.15, 0.2) is 29.2 Å². The summed E-state index contributed by atoms with van der Waals surface area (Å²) in [7, 11) is -3.47. The lowest BCUT2D eigenvalue weighted by atomic mass is 10.2. The van der Waals surface area contributed by atoms with Gasteiger partial charge >= 0.3 is 0 Å². The zero-order chi connectivity index (χ0) is 12.9. The van der Waals surface area contributed by atoms with Crippen molar-refractivity contribution in [2.75, 3.05) is 0 Å². The maximum atomic E-state index is 11.9. The number of benzene rings is 1. The van der Waals surface area contributed by atoms with E-state index in [9.17, 15) is 8.42 Å². The second kappa shape index (κ2) is 5.80. The largest absolute Gasteiger partial charge is 0.240 e. The van der Waals surface area contributed by atoms with Gasteiger partial charge in [-0.3, -0.25) is 0 Å². The van der Waals surface area contributed by atoms with Crippen molar-refractivity contribution in [2.24, 2.45) is 0 Å². The fourth-order valence-corrected chi connectivity index (χ4v) is 2.81. The second-order valence-corrected chi connectivity index (χ2v) is 5.66. The van der Waals surface area contributed by atoms with E-state index in [0.717, 1.165) is 12.8 Å². The summed E-state index contributed by atoms with van der Waals surface area (Å²) in [6.45, 7) is 3.84. The fraction of sp³-hybridized carbons (Fsp3) is 0.417. The lowest BCUT2D eigenvalue weighted by Gasteiger charge is -2.13. The first-order valence-corrected chi connectivity index (χ1v) is 7.00. The number of sulfonamides is 1. The predicted molar refractivity (Wildman–Crippen MR) is 65.8 cm³/mol. The molecule has 4 nitrogen and oxygen atoms in total. The monoisotopic (exact) mass is 252 g/mol. The van der Waals surface area contributed by atoms with E-state index in [1.807, 2.05) is 19.9 Å². The van der Waals surface area contributed by atoms with E-state index >= 15 is 0 Å². The first-order valence-electron chi connectivity index (χ1n) is 5.52. The number of hydrogen-bond acceptors (Lipinski definition) is 3. The van der Waals surface area contributed by atoms with E-state index < -0.39 is 10.0 Å². The number of nitriles is 1. The van der Waals surface area contributed by atoms with Crippen LogP contribution in [0.2, 0.25) is 0 Å². The Morgan fingerprint density at radius 3 is 2.41 bits per heavy atom. The molecular weight excluding hydrogens is 236 g/mol. The molecule has 17 heavy (non-hydrogen) atoms. The SMILES string of the molecule is CCCC(C)NS(=O)(=O)c1ccc(C#N)cc1. The highest BCUT2D eigenvalue weighted by Crippen LogP contribution is 2.11. The van der Waals surface area contributed by atoms with E-state index in [0.29, 0.717) is 5.56 Å². The Balaban J connectivity index is 2.86. The minimum Gasteiger partial charge on any atom is -0.208 e. The van der Waals surface area contributed by atoms with E-state index in [1.54, 1.807) is 0 Å². The Bertz CT molecular complexity index is 500. The van der Waals surface area contributed by atoms with Crippen LogP contribution in [-0.4, -0.2) is 14.5 Å². The summed E-state index contributed by atoms with van der Waals surface area (Å²) < 4.78 is 26.4. The average molecular weight is 252 g/mol. The summed E-state index contributed by atoms with van der Waals surface area (Å²) >= 11 is 0. The Morgan fingerprint density at radius 2 is 1.94 bits per heavy atom. The number of rotatable bonds is 5. The molecule has 0 aromatic heterocycles. The number of nitrogens with zero attached hydrogens (tertiary/aromatic N) is 1. The van der Waals surface area contributed by atoms with Gasteiger partial charge in [0.05, 0.1) is 16.5 Å². The maximum Gasteiger partial charge on any atom is 0.240 e. The molecule has 0 heterocycles. The summed E-state index contributed by atoms with van der Waals surface area (Å²) in [5, 5.41) is 8.63. The summed E-state index contributed by atoms with van der Waals surface area (Å²) in [4.78, 5) is 0.194. The van der Waals surface area contributed by atoms with Crippen molar-refractivity contribution < 1.29 is 8.42 Å². The molecule has 0 aliphatic heterocycles. The summed E-state index contributed by atoms with van der Waals surface area (Å²) in [5.41, 5.74) is 0.450. The number of hydrogen-bond donors (Lipinski definition) is 1. The van der Waals surface area contributed by atoms with Crippen LogP contribution in [0.4, 0.5) is 0 Å². The van der Waals surface area contributed by atoms with Gasteiger partial charge in [0, 0.05) is 6.04 Å². The molecule has 1 atom stereocenters. The molecule has 0 spiro atoms. The average Bonchev–Trinajstić information content (AvgIpc) is 2.28. The van der Waals surface area contributed by atoms with E-state index in [4.69, 9.17) is 5.26 Å². The highest BCUT2D eigenvalue weighted by molar-refractivity contribution is 7.89. The van der Waals surface area contributed by atoms with Gasteiger partial charge in [-0.25, -0.2) is 13.1 Å². The van der Waals surface area contributed by atoms with Crippen molar-refractivity contribution in [2.45, 2.75) is 37.6 Å². The van der Waals surface area contributed by atoms with Crippen molar-refractivity contribution in [3.05, 3.63) is 29.8 Å². The molecule has 1 aromatic carbocycles. The molecule has 92 valence electrons. The van der Waals surface area contributed by atoms with Gasteiger partial charge in [-0.1, -0.05) is 13.3 Å². The van der Waals surface area contributed by atoms with Crippen LogP contribution in [0.1, 0.15) is 32.3 Å². The summed E-state index contributed by atoms with van der Waals surface area (Å²) in [6, 6.07) is 7.75. The second-order valence-electron chi connectivity index (χ2n) is 3.95. The maximum absolute atomic E-state index is 11.9. The first kappa shape index (κ1) is 13.7. The summed E-state index contributed by atoms with van der Waals surface area (Å²) in [6.07, 6.45) is 1.73. The van der Waals surface area contributed by atoms with Crippen molar-refractivity contribution in [1.82, 2.24) is 4.72 Å². The van der Waals surface area contributed by atoms with Gasteiger partial charge < -0.3 is 0 Å². The van der Waals surface area contributed by atoms with Gasteiger partial charge in [0.15, 0.2) is 0 Å². The molecule has 0 aliphatic rings. The highest BCUT2D eigenvalue weighted by Gasteiger charge is 2.16. The van der Waals surface area contributed by atoms with Crippen molar-refractivity contribution in [3.8, 4) is 6.07 Å². The molecule has 0 saturated heterocycles. The van der Waals surface area contributed by atoms with Gasteiger partial charge in [-0.15, -0.1) is 0 Å². The Kier molecular flexibility index (Phi) is 4.67. The van der Waals surface area contributed by atoms with E-state index in [2.05, 4.69) is 4.72 Å². The molecule has 1 rings (SSSR count). The van der Waals surface area contributed by atoms with Crippen LogP contribution in [0.25, 0.3) is 0 Å².